The number of piperidine rings is 1. The van der Waals surface area contributed by atoms with Crippen molar-refractivity contribution in [2.75, 3.05) is 20.2 Å². The Balaban J connectivity index is 1.44. The van der Waals surface area contributed by atoms with Crippen LogP contribution in [0.25, 0.3) is 0 Å². The molecule has 1 aromatic carbocycles. The summed E-state index contributed by atoms with van der Waals surface area (Å²) in [6, 6.07) is 9.62. The topological polar surface area (TPSA) is 81.6 Å². The van der Waals surface area contributed by atoms with Crippen LogP contribution in [0.15, 0.2) is 45.5 Å². The first kappa shape index (κ1) is 20.2. The third-order valence-electron chi connectivity index (χ3n) is 5.52. The number of carbonyl (C=O) groups is 1. The molecule has 1 aliphatic rings. The van der Waals surface area contributed by atoms with E-state index in [4.69, 9.17) is 13.7 Å². The molecule has 7 nitrogen and oxygen atoms in total. The summed E-state index contributed by atoms with van der Waals surface area (Å²) in [5, 5.41) is 4.00. The van der Waals surface area contributed by atoms with Crippen molar-refractivity contribution >= 4 is 5.91 Å². The van der Waals surface area contributed by atoms with Crippen LogP contribution < -0.4 is 4.74 Å². The lowest BCUT2D eigenvalue weighted by Crippen LogP contribution is -2.39. The lowest BCUT2D eigenvalue weighted by atomic mass is 9.97. The summed E-state index contributed by atoms with van der Waals surface area (Å²) in [7, 11) is 1.66. The number of benzene rings is 1. The van der Waals surface area contributed by atoms with E-state index in [0.717, 1.165) is 35.6 Å². The fourth-order valence-corrected chi connectivity index (χ4v) is 3.81. The van der Waals surface area contributed by atoms with Crippen molar-refractivity contribution in [2.24, 2.45) is 0 Å². The van der Waals surface area contributed by atoms with Gasteiger partial charge in [0.15, 0.2) is 5.89 Å². The van der Waals surface area contributed by atoms with E-state index in [1.165, 1.54) is 0 Å². The zero-order valence-electron chi connectivity index (χ0n) is 17.6. The van der Waals surface area contributed by atoms with E-state index < -0.39 is 0 Å². The number of hydrogen-bond donors (Lipinski definition) is 0. The van der Waals surface area contributed by atoms with E-state index in [9.17, 15) is 4.79 Å². The molecule has 2 aromatic heterocycles. The van der Waals surface area contributed by atoms with Gasteiger partial charge in [0.05, 0.1) is 24.9 Å². The predicted molar refractivity (Wildman–Crippen MR) is 111 cm³/mol. The molecule has 0 spiro atoms. The molecule has 0 aliphatic carbocycles. The molecule has 0 radical (unpaired) electrons. The number of ether oxygens (including phenoxy) is 1. The second kappa shape index (κ2) is 8.73. The first-order chi connectivity index (χ1) is 14.5. The fourth-order valence-electron chi connectivity index (χ4n) is 3.81. The van der Waals surface area contributed by atoms with Crippen LogP contribution in [0.5, 0.6) is 5.75 Å². The number of rotatable bonds is 6. The molecule has 4 rings (SSSR count). The Hall–Kier alpha value is -3.09. The number of oxazole rings is 1. The van der Waals surface area contributed by atoms with Crippen molar-refractivity contribution in [3.63, 3.8) is 0 Å². The summed E-state index contributed by atoms with van der Waals surface area (Å²) in [5.41, 5.74) is 1.84. The van der Waals surface area contributed by atoms with Gasteiger partial charge in [-0.15, -0.1) is 0 Å². The van der Waals surface area contributed by atoms with Gasteiger partial charge in [0, 0.05) is 31.1 Å². The average Bonchev–Trinajstić information content (AvgIpc) is 3.44. The van der Waals surface area contributed by atoms with E-state index in [1.54, 1.807) is 19.4 Å². The molecular weight excluding hydrogens is 382 g/mol. The minimum atomic E-state index is -0.125. The normalized spacial score (nSPS) is 16.8. The van der Waals surface area contributed by atoms with Gasteiger partial charge in [0.2, 0.25) is 5.76 Å². The molecule has 0 N–H and O–H groups in total. The molecule has 1 saturated heterocycles. The molecule has 1 amide bonds. The van der Waals surface area contributed by atoms with Crippen LogP contribution >= 0.6 is 0 Å². The number of aromatic nitrogens is 2. The van der Waals surface area contributed by atoms with Crippen LogP contribution in [0.3, 0.4) is 0 Å². The highest BCUT2D eigenvalue weighted by molar-refractivity contribution is 5.91. The standard InChI is InChI=1S/C23H27N3O4/c1-15(2)19-12-21(30-25-19)23(27)26-10-6-8-17(14-26)22-24-13-18(29-22)11-16-7-4-5-9-20(16)28-3/h4-5,7,9,12-13,15,17H,6,8,10-11,14H2,1-3H3/t17-/m1/s1. The molecule has 1 atom stereocenters. The molecule has 158 valence electrons. The minimum absolute atomic E-state index is 0.0709. The first-order valence-corrected chi connectivity index (χ1v) is 10.4. The number of methoxy groups -OCH3 is 1. The van der Waals surface area contributed by atoms with Crippen LogP contribution in [0, 0.1) is 0 Å². The number of nitrogens with zero attached hydrogens (tertiary/aromatic N) is 3. The molecule has 7 heteroatoms. The smallest absolute Gasteiger partial charge is 0.292 e. The largest absolute Gasteiger partial charge is 0.496 e. The average molecular weight is 409 g/mol. The van der Waals surface area contributed by atoms with Gasteiger partial charge in [0.25, 0.3) is 5.91 Å². The van der Waals surface area contributed by atoms with Gasteiger partial charge in [-0.3, -0.25) is 4.79 Å². The van der Waals surface area contributed by atoms with Crippen molar-refractivity contribution in [3.05, 3.63) is 65.2 Å². The summed E-state index contributed by atoms with van der Waals surface area (Å²) in [5.74, 6) is 2.76. The zero-order chi connectivity index (χ0) is 21.1. The highest BCUT2D eigenvalue weighted by Crippen LogP contribution is 2.29. The van der Waals surface area contributed by atoms with Gasteiger partial charge in [-0.25, -0.2) is 4.98 Å². The molecule has 0 saturated carbocycles. The van der Waals surface area contributed by atoms with E-state index in [-0.39, 0.29) is 17.7 Å². The van der Waals surface area contributed by atoms with Gasteiger partial charge in [-0.05, 0) is 24.8 Å². The summed E-state index contributed by atoms with van der Waals surface area (Å²) < 4.78 is 16.8. The molecule has 0 bridgehead atoms. The summed E-state index contributed by atoms with van der Waals surface area (Å²) in [6.07, 6.45) is 4.22. The molecule has 1 aliphatic heterocycles. The lowest BCUT2D eigenvalue weighted by molar-refractivity contribution is 0.0656. The fraction of sp³-hybridized carbons (Fsp3) is 0.435. The maximum atomic E-state index is 12.9. The minimum Gasteiger partial charge on any atom is -0.496 e. The molecule has 1 fully saturated rings. The SMILES string of the molecule is COc1ccccc1Cc1cnc([C@@H]2CCCN(C(=O)c3cc(C(C)C)no3)C2)o1. The first-order valence-electron chi connectivity index (χ1n) is 10.4. The van der Waals surface area contributed by atoms with Crippen LogP contribution in [-0.2, 0) is 6.42 Å². The Morgan fingerprint density at radius 1 is 1.33 bits per heavy atom. The maximum Gasteiger partial charge on any atom is 0.292 e. The van der Waals surface area contributed by atoms with Crippen LogP contribution in [0.2, 0.25) is 0 Å². The molecule has 0 unspecified atom stereocenters. The number of likely N-dealkylation sites (tertiary alicyclic amines) is 1. The van der Waals surface area contributed by atoms with Gasteiger partial charge >= 0.3 is 0 Å². The van der Waals surface area contributed by atoms with Crippen molar-refractivity contribution in [2.45, 2.75) is 44.9 Å². The van der Waals surface area contributed by atoms with Gasteiger partial charge < -0.3 is 18.6 Å². The summed E-state index contributed by atoms with van der Waals surface area (Å²) in [4.78, 5) is 19.2. The van der Waals surface area contributed by atoms with E-state index in [2.05, 4.69) is 10.1 Å². The number of para-hydroxylation sites is 1. The lowest BCUT2D eigenvalue weighted by Gasteiger charge is -2.30. The third kappa shape index (κ3) is 4.25. The van der Waals surface area contributed by atoms with Gasteiger partial charge in [-0.2, -0.15) is 0 Å². The highest BCUT2D eigenvalue weighted by Gasteiger charge is 2.30. The van der Waals surface area contributed by atoms with Crippen molar-refractivity contribution in [1.82, 2.24) is 15.0 Å². The number of amides is 1. The second-order valence-corrected chi connectivity index (χ2v) is 8.01. The van der Waals surface area contributed by atoms with Crippen molar-refractivity contribution < 1.29 is 18.5 Å². The van der Waals surface area contributed by atoms with Crippen molar-refractivity contribution in [1.29, 1.82) is 0 Å². The van der Waals surface area contributed by atoms with E-state index in [0.29, 0.717) is 31.2 Å². The van der Waals surface area contributed by atoms with Gasteiger partial charge in [0.1, 0.15) is 11.5 Å². The number of hydrogen-bond acceptors (Lipinski definition) is 6. The maximum absolute atomic E-state index is 12.9. The molecule has 3 aromatic rings. The Kier molecular flexibility index (Phi) is 5.88. The molecule has 30 heavy (non-hydrogen) atoms. The highest BCUT2D eigenvalue weighted by atomic mass is 16.5. The Bertz CT molecular complexity index is 1010. The van der Waals surface area contributed by atoms with Crippen LogP contribution in [-0.4, -0.2) is 41.1 Å². The Morgan fingerprint density at radius 3 is 2.93 bits per heavy atom. The monoisotopic (exact) mass is 409 g/mol. The van der Waals surface area contributed by atoms with Crippen LogP contribution in [0.1, 0.15) is 72.0 Å². The van der Waals surface area contributed by atoms with E-state index in [1.807, 2.05) is 43.0 Å². The molecular formula is C23H27N3O4. The summed E-state index contributed by atoms with van der Waals surface area (Å²) >= 11 is 0. The Labute approximate surface area is 176 Å². The van der Waals surface area contributed by atoms with Gasteiger partial charge in [-0.1, -0.05) is 37.2 Å². The number of carbonyl (C=O) groups excluding carboxylic acids is 1. The third-order valence-corrected chi connectivity index (χ3v) is 5.52. The van der Waals surface area contributed by atoms with Crippen molar-refractivity contribution in [3.8, 4) is 5.75 Å². The summed E-state index contributed by atoms with van der Waals surface area (Å²) in [6.45, 7) is 5.30. The zero-order valence-corrected chi connectivity index (χ0v) is 17.6. The van der Waals surface area contributed by atoms with E-state index >= 15 is 0 Å². The second-order valence-electron chi connectivity index (χ2n) is 8.01. The molecule has 3 heterocycles. The Morgan fingerprint density at radius 2 is 2.17 bits per heavy atom. The quantitative estimate of drug-likeness (QED) is 0.600. The van der Waals surface area contributed by atoms with Crippen LogP contribution in [0.4, 0.5) is 0 Å². The predicted octanol–water partition coefficient (Wildman–Crippen LogP) is 4.41.